The van der Waals surface area contributed by atoms with Gasteiger partial charge in [0, 0.05) is 5.39 Å². The van der Waals surface area contributed by atoms with Gasteiger partial charge in [-0.2, -0.15) is 0 Å². The minimum absolute atomic E-state index is 0.0193. The van der Waals surface area contributed by atoms with Gasteiger partial charge in [-0.3, -0.25) is 4.79 Å². The molecule has 21 heavy (non-hydrogen) atoms. The fraction of sp³-hybridized carbons (Fsp3) is 0.389. The Balaban J connectivity index is 1.98. The van der Waals surface area contributed by atoms with Crippen LogP contribution in [0.2, 0.25) is 0 Å². The van der Waals surface area contributed by atoms with Crippen molar-refractivity contribution in [2.24, 2.45) is 0 Å². The summed E-state index contributed by atoms with van der Waals surface area (Å²) >= 11 is 0. The van der Waals surface area contributed by atoms with Crippen LogP contribution < -0.4 is 4.74 Å². The van der Waals surface area contributed by atoms with Crippen molar-refractivity contribution in [3.63, 3.8) is 0 Å². The molecule has 2 aromatic rings. The summed E-state index contributed by atoms with van der Waals surface area (Å²) in [5.41, 5.74) is -0.166. The number of benzene rings is 2. The van der Waals surface area contributed by atoms with Gasteiger partial charge in [-0.25, -0.2) is 0 Å². The van der Waals surface area contributed by atoms with Crippen molar-refractivity contribution >= 4 is 16.6 Å². The van der Waals surface area contributed by atoms with Crippen molar-refractivity contribution in [3.8, 4) is 5.75 Å². The zero-order chi connectivity index (χ0) is 14.9. The third kappa shape index (κ3) is 2.79. The fourth-order valence-corrected chi connectivity index (χ4v) is 3.06. The average molecular weight is 284 g/mol. The molecule has 3 rings (SSSR count). The third-order valence-electron chi connectivity index (χ3n) is 4.28. The molecule has 0 radical (unpaired) electrons. The van der Waals surface area contributed by atoms with E-state index >= 15 is 0 Å². The van der Waals surface area contributed by atoms with E-state index in [0.717, 1.165) is 36.5 Å². The van der Waals surface area contributed by atoms with Crippen molar-refractivity contribution in [2.75, 3.05) is 6.61 Å². The molecule has 0 saturated heterocycles. The van der Waals surface area contributed by atoms with Crippen LogP contribution in [0, 0.1) is 0 Å². The molecule has 3 nitrogen and oxygen atoms in total. The molecule has 0 unspecified atom stereocenters. The lowest BCUT2D eigenvalue weighted by atomic mass is 10.0. The van der Waals surface area contributed by atoms with Gasteiger partial charge in [0.1, 0.15) is 12.4 Å². The number of carbonyl (C=O) groups is 1. The maximum absolute atomic E-state index is 11.8. The number of fused-ring (bicyclic) bond motifs is 1. The molecular weight excluding hydrogens is 264 g/mol. The Morgan fingerprint density at radius 1 is 1.19 bits per heavy atom. The molecule has 0 spiro atoms. The summed E-state index contributed by atoms with van der Waals surface area (Å²) in [6.45, 7) is 1.79. The maximum atomic E-state index is 11.8. The number of carbonyl (C=O) groups excluding carboxylic acids is 1. The van der Waals surface area contributed by atoms with Crippen LogP contribution in [-0.2, 0) is 0 Å². The van der Waals surface area contributed by atoms with Crippen LogP contribution in [0.3, 0.4) is 0 Å². The SMILES string of the molecule is CC(=O)c1ccc2ccccc2c1OCC1(O)CCCC1. The topological polar surface area (TPSA) is 46.5 Å². The highest BCUT2D eigenvalue weighted by Crippen LogP contribution is 2.34. The van der Waals surface area contributed by atoms with E-state index in [-0.39, 0.29) is 12.4 Å². The van der Waals surface area contributed by atoms with Crippen LogP contribution in [0.15, 0.2) is 36.4 Å². The zero-order valence-corrected chi connectivity index (χ0v) is 12.3. The molecule has 0 amide bonds. The van der Waals surface area contributed by atoms with Crippen LogP contribution in [0.4, 0.5) is 0 Å². The van der Waals surface area contributed by atoms with Crippen molar-refractivity contribution in [3.05, 3.63) is 42.0 Å². The number of Topliss-reactive ketones (excluding diaryl/α,β-unsaturated/α-hetero) is 1. The Bertz CT molecular complexity index is 669. The lowest BCUT2D eigenvalue weighted by Gasteiger charge is -2.23. The molecule has 0 atom stereocenters. The predicted octanol–water partition coefficient (Wildman–Crippen LogP) is 3.73. The van der Waals surface area contributed by atoms with Crippen molar-refractivity contribution in [1.29, 1.82) is 0 Å². The monoisotopic (exact) mass is 284 g/mol. The van der Waals surface area contributed by atoms with Gasteiger partial charge in [0.25, 0.3) is 0 Å². The van der Waals surface area contributed by atoms with Crippen LogP contribution in [0.25, 0.3) is 10.8 Å². The molecule has 1 N–H and O–H groups in total. The smallest absolute Gasteiger partial charge is 0.163 e. The first kappa shape index (κ1) is 14.1. The zero-order valence-electron chi connectivity index (χ0n) is 12.3. The molecule has 1 saturated carbocycles. The van der Waals surface area contributed by atoms with Gasteiger partial charge >= 0.3 is 0 Å². The van der Waals surface area contributed by atoms with Gasteiger partial charge < -0.3 is 9.84 Å². The molecule has 0 aliphatic heterocycles. The van der Waals surface area contributed by atoms with E-state index < -0.39 is 5.60 Å². The molecule has 0 heterocycles. The van der Waals surface area contributed by atoms with Gasteiger partial charge in [-0.05, 0) is 31.2 Å². The molecular formula is C18H20O3. The fourth-order valence-electron chi connectivity index (χ4n) is 3.06. The summed E-state index contributed by atoms with van der Waals surface area (Å²) in [4.78, 5) is 11.8. The number of hydrogen-bond acceptors (Lipinski definition) is 3. The van der Waals surface area contributed by atoms with Gasteiger partial charge in [-0.1, -0.05) is 43.2 Å². The Hall–Kier alpha value is -1.87. The second-order valence-corrected chi connectivity index (χ2v) is 5.94. The van der Waals surface area contributed by atoms with Gasteiger partial charge in [0.05, 0.1) is 11.2 Å². The van der Waals surface area contributed by atoms with Crippen molar-refractivity contribution in [1.82, 2.24) is 0 Å². The molecule has 1 aliphatic carbocycles. The van der Waals surface area contributed by atoms with Gasteiger partial charge in [-0.15, -0.1) is 0 Å². The summed E-state index contributed by atoms with van der Waals surface area (Å²) in [5, 5.41) is 12.4. The van der Waals surface area contributed by atoms with E-state index in [1.54, 1.807) is 13.0 Å². The van der Waals surface area contributed by atoms with E-state index in [4.69, 9.17) is 4.74 Å². The third-order valence-corrected chi connectivity index (χ3v) is 4.28. The summed E-state index contributed by atoms with van der Waals surface area (Å²) in [6, 6.07) is 11.6. The molecule has 0 bridgehead atoms. The molecule has 2 aromatic carbocycles. The van der Waals surface area contributed by atoms with Gasteiger partial charge in [0.2, 0.25) is 0 Å². The summed E-state index contributed by atoms with van der Waals surface area (Å²) < 4.78 is 5.93. The van der Waals surface area contributed by atoms with E-state index in [0.29, 0.717) is 11.3 Å². The van der Waals surface area contributed by atoms with E-state index in [9.17, 15) is 9.90 Å². The highest BCUT2D eigenvalue weighted by atomic mass is 16.5. The van der Waals surface area contributed by atoms with E-state index in [2.05, 4.69) is 0 Å². The summed E-state index contributed by atoms with van der Waals surface area (Å²) in [6.07, 6.45) is 3.62. The number of ketones is 1. The van der Waals surface area contributed by atoms with Gasteiger partial charge in [0.15, 0.2) is 5.78 Å². The summed E-state index contributed by atoms with van der Waals surface area (Å²) in [7, 11) is 0. The minimum Gasteiger partial charge on any atom is -0.489 e. The predicted molar refractivity (Wildman–Crippen MR) is 82.9 cm³/mol. The lowest BCUT2D eigenvalue weighted by Crippen LogP contribution is -2.32. The van der Waals surface area contributed by atoms with Crippen molar-refractivity contribution in [2.45, 2.75) is 38.2 Å². The highest BCUT2D eigenvalue weighted by Gasteiger charge is 2.32. The Kier molecular flexibility index (Phi) is 3.68. The number of hydrogen-bond donors (Lipinski definition) is 1. The Labute approximate surface area is 124 Å². The normalized spacial score (nSPS) is 17.0. The number of rotatable bonds is 4. The second kappa shape index (κ2) is 5.49. The quantitative estimate of drug-likeness (QED) is 0.870. The molecule has 3 heteroatoms. The first-order chi connectivity index (χ1) is 10.1. The largest absolute Gasteiger partial charge is 0.489 e. The molecule has 0 aromatic heterocycles. The molecule has 1 fully saturated rings. The Morgan fingerprint density at radius 3 is 2.62 bits per heavy atom. The van der Waals surface area contributed by atoms with E-state index in [1.165, 1.54) is 0 Å². The average Bonchev–Trinajstić information content (AvgIpc) is 2.91. The van der Waals surface area contributed by atoms with E-state index in [1.807, 2.05) is 30.3 Å². The van der Waals surface area contributed by atoms with Crippen LogP contribution in [0.5, 0.6) is 5.75 Å². The lowest BCUT2D eigenvalue weighted by molar-refractivity contribution is 0.00164. The van der Waals surface area contributed by atoms with Crippen LogP contribution >= 0.6 is 0 Å². The molecule has 110 valence electrons. The summed E-state index contributed by atoms with van der Waals surface area (Å²) in [5.74, 6) is 0.579. The first-order valence-electron chi connectivity index (χ1n) is 7.47. The molecule has 1 aliphatic rings. The first-order valence-corrected chi connectivity index (χ1v) is 7.47. The maximum Gasteiger partial charge on any atom is 0.163 e. The minimum atomic E-state index is -0.745. The number of ether oxygens (including phenoxy) is 1. The highest BCUT2D eigenvalue weighted by molar-refractivity contribution is 6.03. The second-order valence-electron chi connectivity index (χ2n) is 5.94. The van der Waals surface area contributed by atoms with Crippen molar-refractivity contribution < 1.29 is 14.6 Å². The standard InChI is InChI=1S/C18H20O3/c1-13(19)15-9-8-14-6-2-3-7-16(14)17(15)21-12-18(20)10-4-5-11-18/h2-3,6-9,20H,4-5,10-12H2,1H3. The number of aliphatic hydroxyl groups is 1. The van der Waals surface area contributed by atoms with Crippen LogP contribution in [0.1, 0.15) is 43.0 Å². The Morgan fingerprint density at radius 2 is 1.90 bits per heavy atom. The van der Waals surface area contributed by atoms with Crippen LogP contribution in [-0.4, -0.2) is 23.1 Å².